The summed E-state index contributed by atoms with van der Waals surface area (Å²) in [6, 6.07) is 3.20. The van der Waals surface area contributed by atoms with Crippen molar-refractivity contribution in [1.29, 1.82) is 0 Å². The highest BCUT2D eigenvalue weighted by molar-refractivity contribution is 6.06. The molecule has 11 heteroatoms. The third-order valence-electron chi connectivity index (χ3n) is 4.86. The molecular weight excluding hydrogens is 412 g/mol. The molecule has 0 aromatic carbocycles. The van der Waals surface area contributed by atoms with Crippen LogP contribution in [0.15, 0.2) is 36.9 Å². The number of amides is 3. The van der Waals surface area contributed by atoms with E-state index in [-0.39, 0.29) is 23.5 Å². The van der Waals surface area contributed by atoms with Crippen LogP contribution < -0.4 is 16.0 Å². The number of aryl methyl sites for hydroxylation is 3. The molecule has 0 atom stereocenters. The molecule has 11 nitrogen and oxygen atoms in total. The Bertz CT molecular complexity index is 1140. The smallest absolute Gasteiger partial charge is 0.291 e. The zero-order valence-corrected chi connectivity index (χ0v) is 18.8. The van der Waals surface area contributed by atoms with Gasteiger partial charge < -0.3 is 34.6 Å². The molecule has 0 spiro atoms. The number of aromatic nitrogens is 4. The van der Waals surface area contributed by atoms with E-state index in [0.717, 1.165) is 6.54 Å². The first-order valence-corrected chi connectivity index (χ1v) is 10.0. The molecule has 0 bridgehead atoms. The lowest BCUT2D eigenvalue weighted by atomic mass is 10.3. The fourth-order valence-electron chi connectivity index (χ4n) is 3.17. The van der Waals surface area contributed by atoms with Gasteiger partial charge in [-0.2, -0.15) is 0 Å². The summed E-state index contributed by atoms with van der Waals surface area (Å²) >= 11 is 0. The van der Waals surface area contributed by atoms with Crippen molar-refractivity contribution >= 4 is 29.1 Å². The zero-order valence-electron chi connectivity index (χ0n) is 18.8. The van der Waals surface area contributed by atoms with Crippen LogP contribution in [0.4, 0.5) is 11.4 Å². The maximum Gasteiger partial charge on any atom is 0.291 e. The van der Waals surface area contributed by atoms with Gasteiger partial charge in [0.2, 0.25) is 0 Å². The predicted molar refractivity (Wildman–Crippen MR) is 121 cm³/mol. The lowest BCUT2D eigenvalue weighted by molar-refractivity contribution is 0.0941. The Labute approximate surface area is 186 Å². The van der Waals surface area contributed by atoms with Gasteiger partial charge >= 0.3 is 0 Å². The molecule has 0 radical (unpaired) electrons. The molecule has 3 heterocycles. The van der Waals surface area contributed by atoms with Crippen LogP contribution in [0.5, 0.6) is 0 Å². The monoisotopic (exact) mass is 440 g/mol. The molecule has 0 aliphatic rings. The van der Waals surface area contributed by atoms with Gasteiger partial charge in [0, 0.05) is 59.0 Å². The fourth-order valence-corrected chi connectivity index (χ4v) is 3.17. The number of hydrogen-bond donors (Lipinski definition) is 3. The number of imidazole rings is 1. The van der Waals surface area contributed by atoms with Crippen molar-refractivity contribution < 1.29 is 14.4 Å². The first kappa shape index (κ1) is 22.8. The second kappa shape index (κ2) is 9.52. The molecule has 0 unspecified atom stereocenters. The van der Waals surface area contributed by atoms with Gasteiger partial charge in [-0.1, -0.05) is 0 Å². The van der Waals surface area contributed by atoms with E-state index in [4.69, 9.17) is 0 Å². The van der Waals surface area contributed by atoms with Crippen LogP contribution in [-0.2, 0) is 21.1 Å². The predicted octanol–water partition coefficient (Wildman–Crippen LogP) is 0.893. The summed E-state index contributed by atoms with van der Waals surface area (Å²) in [4.78, 5) is 43.5. The van der Waals surface area contributed by atoms with Gasteiger partial charge in [0.25, 0.3) is 17.7 Å². The summed E-state index contributed by atoms with van der Waals surface area (Å²) in [7, 11) is 9.04. The Morgan fingerprint density at radius 1 is 0.875 bits per heavy atom. The van der Waals surface area contributed by atoms with Gasteiger partial charge in [0.15, 0.2) is 5.82 Å². The lowest BCUT2D eigenvalue weighted by Gasteiger charge is -2.10. The average Bonchev–Trinajstić information content (AvgIpc) is 3.40. The van der Waals surface area contributed by atoms with Crippen molar-refractivity contribution in [1.82, 2.24) is 28.9 Å². The standard InChI is InChI=1S/C21H28N8O3/c1-26(2)8-6-23-19(30)16-10-14(12-28(16)4)24-20(31)17-11-15(13-29(17)5)25-21(32)18-22-7-9-27(18)3/h7,9-13H,6,8H2,1-5H3,(H,23,30)(H,24,31)(H,25,32). The molecule has 0 aliphatic heterocycles. The quantitative estimate of drug-likeness (QED) is 0.481. The van der Waals surface area contributed by atoms with Crippen LogP contribution in [0.2, 0.25) is 0 Å². The Morgan fingerprint density at radius 2 is 1.44 bits per heavy atom. The third-order valence-corrected chi connectivity index (χ3v) is 4.86. The van der Waals surface area contributed by atoms with Gasteiger partial charge in [0.05, 0.1) is 11.4 Å². The zero-order chi connectivity index (χ0) is 23.4. The van der Waals surface area contributed by atoms with E-state index in [0.29, 0.717) is 29.3 Å². The second-order valence-corrected chi connectivity index (χ2v) is 7.78. The highest BCUT2D eigenvalue weighted by Gasteiger charge is 2.18. The fraction of sp³-hybridized carbons (Fsp3) is 0.333. The summed E-state index contributed by atoms with van der Waals surface area (Å²) < 4.78 is 4.88. The molecular formula is C21H28N8O3. The number of anilines is 2. The minimum Gasteiger partial charge on any atom is -0.349 e. The number of likely N-dealkylation sites (N-methyl/N-ethyl adjacent to an activating group) is 1. The largest absolute Gasteiger partial charge is 0.349 e. The SMILES string of the molecule is CN(C)CCNC(=O)c1cc(NC(=O)c2cc(NC(=O)c3nccn3C)cn2C)cn1C. The van der Waals surface area contributed by atoms with E-state index in [1.54, 1.807) is 65.6 Å². The average molecular weight is 441 g/mol. The van der Waals surface area contributed by atoms with E-state index in [2.05, 4.69) is 20.9 Å². The normalized spacial score (nSPS) is 10.9. The van der Waals surface area contributed by atoms with E-state index in [1.165, 1.54) is 6.20 Å². The number of nitrogens with one attached hydrogen (secondary N) is 3. The molecule has 0 saturated carbocycles. The highest BCUT2D eigenvalue weighted by Crippen LogP contribution is 2.18. The van der Waals surface area contributed by atoms with Gasteiger partial charge in [-0.25, -0.2) is 4.98 Å². The number of rotatable bonds is 8. The van der Waals surface area contributed by atoms with Crippen molar-refractivity contribution in [3.8, 4) is 0 Å². The summed E-state index contributed by atoms with van der Waals surface area (Å²) in [5, 5.41) is 8.38. The van der Waals surface area contributed by atoms with Crippen molar-refractivity contribution in [3.05, 3.63) is 54.1 Å². The molecule has 170 valence electrons. The molecule has 3 rings (SSSR count). The van der Waals surface area contributed by atoms with Crippen LogP contribution in [0.3, 0.4) is 0 Å². The topological polar surface area (TPSA) is 118 Å². The highest BCUT2D eigenvalue weighted by atomic mass is 16.2. The Balaban J connectivity index is 1.65. The van der Waals surface area contributed by atoms with Crippen molar-refractivity contribution in [2.24, 2.45) is 21.1 Å². The number of nitrogens with zero attached hydrogens (tertiary/aromatic N) is 5. The molecule has 3 N–H and O–H groups in total. The number of hydrogen-bond acceptors (Lipinski definition) is 5. The molecule has 3 aromatic heterocycles. The summed E-state index contributed by atoms with van der Waals surface area (Å²) in [5.74, 6) is -0.688. The maximum absolute atomic E-state index is 12.8. The number of carbonyl (C=O) groups is 3. The van der Waals surface area contributed by atoms with E-state index >= 15 is 0 Å². The van der Waals surface area contributed by atoms with E-state index in [9.17, 15) is 14.4 Å². The number of carbonyl (C=O) groups excluding carboxylic acids is 3. The first-order valence-electron chi connectivity index (χ1n) is 10.0. The third kappa shape index (κ3) is 5.24. The lowest BCUT2D eigenvalue weighted by Crippen LogP contribution is -2.32. The first-order chi connectivity index (χ1) is 15.2. The van der Waals surface area contributed by atoms with Crippen molar-refractivity contribution in [3.63, 3.8) is 0 Å². The molecule has 0 aliphatic carbocycles. The molecule has 0 fully saturated rings. The van der Waals surface area contributed by atoms with E-state index < -0.39 is 0 Å². The van der Waals surface area contributed by atoms with Crippen LogP contribution in [0.1, 0.15) is 31.6 Å². The minimum atomic E-state index is -0.372. The molecule has 3 aromatic rings. The van der Waals surface area contributed by atoms with Gasteiger partial charge in [0.1, 0.15) is 11.4 Å². The molecule has 0 saturated heterocycles. The summed E-state index contributed by atoms with van der Waals surface area (Å²) in [5.41, 5.74) is 1.75. The van der Waals surface area contributed by atoms with Crippen molar-refractivity contribution in [2.75, 3.05) is 37.8 Å². The Hall–Kier alpha value is -3.86. The van der Waals surface area contributed by atoms with Gasteiger partial charge in [-0.3, -0.25) is 14.4 Å². The summed E-state index contributed by atoms with van der Waals surface area (Å²) in [6.45, 7) is 1.25. The Kier molecular flexibility index (Phi) is 6.79. The molecule has 3 amide bonds. The maximum atomic E-state index is 12.8. The molecule has 32 heavy (non-hydrogen) atoms. The minimum absolute atomic E-state index is 0.215. The Morgan fingerprint density at radius 3 is 1.97 bits per heavy atom. The van der Waals surface area contributed by atoms with Crippen LogP contribution in [0.25, 0.3) is 0 Å². The van der Waals surface area contributed by atoms with Crippen LogP contribution in [0, 0.1) is 0 Å². The van der Waals surface area contributed by atoms with Crippen LogP contribution in [-0.4, -0.2) is 68.5 Å². The van der Waals surface area contributed by atoms with Gasteiger partial charge in [-0.05, 0) is 26.2 Å². The van der Waals surface area contributed by atoms with Gasteiger partial charge in [-0.15, -0.1) is 0 Å². The van der Waals surface area contributed by atoms with Crippen LogP contribution >= 0.6 is 0 Å². The summed E-state index contributed by atoms with van der Waals surface area (Å²) in [6.07, 6.45) is 6.53. The second-order valence-electron chi connectivity index (χ2n) is 7.78. The van der Waals surface area contributed by atoms with E-state index in [1.807, 2.05) is 19.0 Å². The van der Waals surface area contributed by atoms with Crippen molar-refractivity contribution in [2.45, 2.75) is 0 Å².